The zero-order valence-corrected chi connectivity index (χ0v) is 13.3. The number of nitrogens with zero attached hydrogens (tertiary/aromatic N) is 3. The number of non-ortho nitro benzene ring substituents is 1. The Kier molecular flexibility index (Phi) is 4.17. The molecule has 0 radical (unpaired) electrons. The van der Waals surface area contributed by atoms with Crippen LogP contribution in [-0.2, 0) is 0 Å². The van der Waals surface area contributed by atoms with E-state index in [4.69, 9.17) is 5.73 Å². The zero-order valence-electron chi connectivity index (χ0n) is 13.3. The van der Waals surface area contributed by atoms with Crippen molar-refractivity contribution < 1.29 is 9.72 Å². The number of rotatable bonds is 4. The van der Waals surface area contributed by atoms with E-state index in [-0.39, 0.29) is 5.69 Å². The molecule has 0 atom stereocenters. The molecule has 0 aliphatic carbocycles. The first kappa shape index (κ1) is 16.2. The van der Waals surface area contributed by atoms with Crippen molar-refractivity contribution in [3.63, 3.8) is 0 Å². The van der Waals surface area contributed by atoms with Crippen molar-refractivity contribution in [1.82, 2.24) is 9.78 Å². The highest BCUT2D eigenvalue weighted by atomic mass is 16.6. The summed E-state index contributed by atoms with van der Waals surface area (Å²) < 4.78 is 1.74. The molecule has 2 aromatic carbocycles. The first-order chi connectivity index (χ1) is 11.9. The lowest BCUT2D eigenvalue weighted by Crippen LogP contribution is -2.19. The molecule has 0 fully saturated rings. The minimum atomic E-state index is -0.630. The fraction of sp³-hybridized carbons (Fsp3) is 0.0588. The number of benzene rings is 2. The van der Waals surface area contributed by atoms with Gasteiger partial charge in [0.05, 0.1) is 22.0 Å². The molecule has 0 spiro atoms. The summed E-state index contributed by atoms with van der Waals surface area (Å²) in [4.78, 5) is 21.3. The van der Waals surface area contributed by atoms with Gasteiger partial charge in [0.25, 0.3) is 5.69 Å². The number of hydrogen-bond acceptors (Lipinski definition) is 4. The first-order valence-electron chi connectivity index (χ1n) is 7.42. The number of anilines is 1. The molecule has 0 unspecified atom stereocenters. The number of hydrogen-bond donors (Lipinski definition) is 2. The molecule has 2 amide bonds. The summed E-state index contributed by atoms with van der Waals surface area (Å²) in [6, 6.07) is 14.6. The molecule has 3 aromatic rings. The van der Waals surface area contributed by atoms with Crippen LogP contribution in [0.5, 0.6) is 0 Å². The van der Waals surface area contributed by atoms with Crippen LogP contribution in [0.3, 0.4) is 0 Å². The van der Waals surface area contributed by atoms with Gasteiger partial charge in [-0.2, -0.15) is 5.10 Å². The average Bonchev–Trinajstić information content (AvgIpc) is 2.97. The Bertz CT molecular complexity index is 930. The number of nitro benzene ring substituents is 1. The molecular weight excluding hydrogens is 322 g/mol. The number of primary amides is 1. The molecule has 1 aromatic heterocycles. The van der Waals surface area contributed by atoms with Crippen LogP contribution in [0.4, 0.5) is 16.2 Å². The maximum atomic E-state index is 10.9. The van der Waals surface area contributed by atoms with E-state index in [9.17, 15) is 14.9 Å². The topological polar surface area (TPSA) is 116 Å². The Morgan fingerprint density at radius 2 is 1.80 bits per heavy atom. The number of nitro groups is 1. The second-order valence-electron chi connectivity index (χ2n) is 5.42. The Morgan fingerprint density at radius 3 is 2.36 bits per heavy atom. The van der Waals surface area contributed by atoms with Crippen molar-refractivity contribution in [2.45, 2.75) is 6.92 Å². The summed E-state index contributed by atoms with van der Waals surface area (Å²) in [6.07, 6.45) is 0. The van der Waals surface area contributed by atoms with Crippen LogP contribution < -0.4 is 11.1 Å². The van der Waals surface area contributed by atoms with Crippen molar-refractivity contribution in [3.8, 4) is 16.9 Å². The van der Waals surface area contributed by atoms with E-state index in [1.165, 1.54) is 12.1 Å². The highest BCUT2D eigenvalue weighted by molar-refractivity contribution is 5.87. The maximum absolute atomic E-state index is 10.9. The molecule has 25 heavy (non-hydrogen) atoms. The van der Waals surface area contributed by atoms with Crippen LogP contribution in [0.2, 0.25) is 0 Å². The number of urea groups is 1. The molecule has 0 bridgehead atoms. The largest absolute Gasteiger partial charge is 0.351 e. The molecule has 3 N–H and O–H groups in total. The lowest BCUT2D eigenvalue weighted by molar-refractivity contribution is -0.384. The summed E-state index contributed by atoms with van der Waals surface area (Å²) in [5, 5.41) is 17.8. The SMILES string of the molecule is Cc1cc(-c2ccc([N+](=O)[O-])cc2)n(-c2ccc(NC(N)=O)cc2)n1. The Labute approximate surface area is 143 Å². The molecular formula is C17H15N5O3. The first-order valence-corrected chi connectivity index (χ1v) is 7.42. The van der Waals surface area contributed by atoms with Crippen LogP contribution in [0.1, 0.15) is 5.69 Å². The Balaban J connectivity index is 1.98. The second kappa shape index (κ2) is 6.44. The van der Waals surface area contributed by atoms with Crippen LogP contribution in [0.25, 0.3) is 16.9 Å². The lowest BCUT2D eigenvalue weighted by Gasteiger charge is -2.09. The van der Waals surface area contributed by atoms with E-state index in [2.05, 4.69) is 10.4 Å². The molecule has 0 saturated heterocycles. The summed E-state index contributed by atoms with van der Waals surface area (Å²) >= 11 is 0. The molecule has 3 rings (SSSR count). The maximum Gasteiger partial charge on any atom is 0.316 e. The Morgan fingerprint density at radius 1 is 1.16 bits per heavy atom. The molecule has 0 aliphatic rings. The number of nitrogens with two attached hydrogens (primary N) is 1. The minimum absolute atomic E-state index is 0.0356. The van der Waals surface area contributed by atoms with E-state index in [1.807, 2.05) is 13.0 Å². The van der Waals surface area contributed by atoms with Crippen molar-refractivity contribution in [1.29, 1.82) is 0 Å². The van der Waals surface area contributed by atoms with Gasteiger partial charge in [0, 0.05) is 23.4 Å². The number of aromatic nitrogens is 2. The van der Waals surface area contributed by atoms with Crippen molar-refractivity contribution in [2.24, 2.45) is 5.73 Å². The van der Waals surface area contributed by atoms with Gasteiger partial charge >= 0.3 is 6.03 Å². The molecule has 126 valence electrons. The van der Waals surface area contributed by atoms with Gasteiger partial charge < -0.3 is 11.1 Å². The number of nitrogens with one attached hydrogen (secondary N) is 1. The molecule has 8 heteroatoms. The number of carbonyl (C=O) groups is 1. The van der Waals surface area contributed by atoms with Crippen LogP contribution in [0.15, 0.2) is 54.6 Å². The highest BCUT2D eigenvalue weighted by Crippen LogP contribution is 2.26. The van der Waals surface area contributed by atoms with Gasteiger partial charge in [-0.15, -0.1) is 0 Å². The summed E-state index contributed by atoms with van der Waals surface area (Å²) in [6.45, 7) is 1.87. The van der Waals surface area contributed by atoms with E-state index >= 15 is 0 Å². The van der Waals surface area contributed by atoms with Crippen molar-refractivity contribution in [3.05, 3.63) is 70.4 Å². The van der Waals surface area contributed by atoms with Gasteiger partial charge in [-0.3, -0.25) is 10.1 Å². The molecule has 0 aliphatic heterocycles. The van der Waals surface area contributed by atoms with E-state index in [0.29, 0.717) is 5.69 Å². The number of aryl methyl sites for hydroxylation is 1. The van der Waals surface area contributed by atoms with Gasteiger partial charge in [0.15, 0.2) is 0 Å². The molecule has 1 heterocycles. The van der Waals surface area contributed by atoms with E-state index < -0.39 is 11.0 Å². The predicted molar refractivity (Wildman–Crippen MR) is 93.6 cm³/mol. The van der Waals surface area contributed by atoms with Crippen molar-refractivity contribution in [2.75, 3.05) is 5.32 Å². The number of carbonyl (C=O) groups excluding carboxylic acids is 1. The lowest BCUT2D eigenvalue weighted by atomic mass is 10.1. The minimum Gasteiger partial charge on any atom is -0.351 e. The second-order valence-corrected chi connectivity index (χ2v) is 5.42. The smallest absolute Gasteiger partial charge is 0.316 e. The van der Waals surface area contributed by atoms with Gasteiger partial charge in [0.1, 0.15) is 0 Å². The quantitative estimate of drug-likeness (QED) is 0.561. The monoisotopic (exact) mass is 337 g/mol. The average molecular weight is 337 g/mol. The van der Waals surface area contributed by atoms with Crippen LogP contribution in [-0.4, -0.2) is 20.7 Å². The van der Waals surface area contributed by atoms with Gasteiger partial charge in [-0.25, -0.2) is 9.48 Å². The normalized spacial score (nSPS) is 10.4. The number of amides is 2. The predicted octanol–water partition coefficient (Wildman–Crippen LogP) is 3.25. The standard InChI is InChI=1S/C17H15N5O3/c1-11-10-16(12-2-6-15(7-3-12)22(24)25)21(20-11)14-8-4-13(5-9-14)19-17(18)23/h2-10H,1H3,(H3,18,19,23). The third kappa shape index (κ3) is 3.47. The van der Waals surface area contributed by atoms with Gasteiger partial charge in [-0.1, -0.05) is 0 Å². The summed E-state index contributed by atoms with van der Waals surface area (Å²) in [5.41, 5.74) is 8.93. The summed E-state index contributed by atoms with van der Waals surface area (Å²) in [7, 11) is 0. The van der Waals surface area contributed by atoms with Gasteiger partial charge in [0.2, 0.25) is 0 Å². The third-order valence-electron chi connectivity index (χ3n) is 3.58. The van der Waals surface area contributed by atoms with E-state index in [0.717, 1.165) is 22.6 Å². The third-order valence-corrected chi connectivity index (χ3v) is 3.58. The highest BCUT2D eigenvalue weighted by Gasteiger charge is 2.12. The summed E-state index contributed by atoms with van der Waals surface area (Å²) in [5.74, 6) is 0. The fourth-order valence-corrected chi connectivity index (χ4v) is 2.48. The van der Waals surface area contributed by atoms with Crippen LogP contribution >= 0.6 is 0 Å². The zero-order chi connectivity index (χ0) is 18.0. The van der Waals surface area contributed by atoms with E-state index in [1.54, 1.807) is 41.1 Å². The van der Waals surface area contributed by atoms with Crippen molar-refractivity contribution >= 4 is 17.4 Å². The molecule has 0 saturated carbocycles. The molecule has 8 nitrogen and oxygen atoms in total. The van der Waals surface area contributed by atoms with Gasteiger partial charge in [-0.05, 0) is 49.4 Å². The Hall–Kier alpha value is -3.68. The fourth-order valence-electron chi connectivity index (χ4n) is 2.48. The van der Waals surface area contributed by atoms with Crippen LogP contribution in [0, 0.1) is 17.0 Å².